The molecule has 0 bridgehead atoms. The van der Waals surface area contributed by atoms with E-state index in [-0.39, 0.29) is 12.6 Å². The number of aromatic nitrogens is 1. The van der Waals surface area contributed by atoms with Crippen LogP contribution in [0, 0.1) is 0 Å². The highest BCUT2D eigenvalue weighted by atomic mass is 16.3. The first-order valence-corrected chi connectivity index (χ1v) is 3.65. The van der Waals surface area contributed by atoms with Gasteiger partial charge in [0.15, 0.2) is 6.39 Å². The highest BCUT2D eigenvalue weighted by molar-refractivity contribution is 5.12. The van der Waals surface area contributed by atoms with Crippen LogP contribution in [0.25, 0.3) is 0 Å². The third-order valence-electron chi connectivity index (χ3n) is 1.94. The summed E-state index contributed by atoms with van der Waals surface area (Å²) >= 11 is 0. The van der Waals surface area contributed by atoms with Crippen molar-refractivity contribution in [2.45, 2.75) is 19.0 Å². The molecule has 1 aromatic heterocycles. The largest absolute Gasteiger partial charge is 0.448 e. The summed E-state index contributed by atoms with van der Waals surface area (Å²) in [5.74, 6) is 0.905. The monoisotopic (exact) mass is 154 g/mol. The quantitative estimate of drug-likeness (QED) is 0.582. The van der Waals surface area contributed by atoms with Crippen molar-refractivity contribution in [2.24, 2.45) is 0 Å². The molecule has 11 heavy (non-hydrogen) atoms. The fraction of sp³-hybridized carbons (Fsp3) is 0.571. The lowest BCUT2D eigenvalue weighted by Gasteiger charge is -2.19. The van der Waals surface area contributed by atoms with Gasteiger partial charge in [-0.25, -0.2) is 4.98 Å². The van der Waals surface area contributed by atoms with Gasteiger partial charge in [0, 0.05) is 19.0 Å². The number of aliphatic hydroxyl groups is 1. The molecule has 4 nitrogen and oxygen atoms in total. The van der Waals surface area contributed by atoms with Crippen LogP contribution in [0.5, 0.6) is 0 Å². The van der Waals surface area contributed by atoms with E-state index in [0.29, 0.717) is 6.54 Å². The van der Waals surface area contributed by atoms with Crippen LogP contribution in [0.1, 0.15) is 11.5 Å². The number of hydrogen-bond donors (Lipinski definition) is 2. The second-order valence-corrected chi connectivity index (χ2v) is 2.69. The van der Waals surface area contributed by atoms with Gasteiger partial charge in [0.1, 0.15) is 5.76 Å². The number of aliphatic hydroxyl groups excluding tert-OH is 1. The van der Waals surface area contributed by atoms with E-state index in [2.05, 4.69) is 10.3 Å². The molecule has 0 fully saturated rings. The van der Waals surface area contributed by atoms with Crippen molar-refractivity contribution in [2.75, 3.05) is 6.61 Å². The lowest BCUT2D eigenvalue weighted by atomic mass is 10.1. The van der Waals surface area contributed by atoms with Crippen LogP contribution in [0.2, 0.25) is 0 Å². The van der Waals surface area contributed by atoms with Gasteiger partial charge in [0.05, 0.1) is 12.3 Å². The number of fused-ring (bicyclic) bond motifs is 1. The zero-order chi connectivity index (χ0) is 7.68. The van der Waals surface area contributed by atoms with Crippen LogP contribution >= 0.6 is 0 Å². The first kappa shape index (κ1) is 6.82. The van der Waals surface area contributed by atoms with Crippen LogP contribution in [-0.4, -0.2) is 22.7 Å². The van der Waals surface area contributed by atoms with Gasteiger partial charge in [0.25, 0.3) is 0 Å². The van der Waals surface area contributed by atoms with E-state index < -0.39 is 0 Å². The van der Waals surface area contributed by atoms with E-state index in [1.807, 2.05) is 0 Å². The van der Waals surface area contributed by atoms with Gasteiger partial charge in [-0.05, 0) is 0 Å². The Bertz CT molecular complexity index is 246. The van der Waals surface area contributed by atoms with Crippen LogP contribution < -0.4 is 5.32 Å². The average Bonchev–Trinajstić information content (AvgIpc) is 2.50. The highest BCUT2D eigenvalue weighted by Gasteiger charge is 2.20. The van der Waals surface area contributed by atoms with Gasteiger partial charge in [-0.1, -0.05) is 0 Å². The Kier molecular flexibility index (Phi) is 1.63. The molecular weight excluding hydrogens is 144 g/mol. The predicted molar refractivity (Wildman–Crippen MR) is 37.9 cm³/mol. The van der Waals surface area contributed by atoms with E-state index in [0.717, 1.165) is 17.9 Å². The van der Waals surface area contributed by atoms with Crippen LogP contribution in [0.15, 0.2) is 10.8 Å². The SMILES string of the molecule is OCC1Cc2ocnc2CN1. The number of rotatable bonds is 1. The van der Waals surface area contributed by atoms with Gasteiger partial charge in [-0.3, -0.25) is 0 Å². The molecule has 1 aromatic rings. The van der Waals surface area contributed by atoms with Crippen molar-refractivity contribution in [3.63, 3.8) is 0 Å². The molecule has 1 atom stereocenters. The van der Waals surface area contributed by atoms with E-state index in [4.69, 9.17) is 9.52 Å². The van der Waals surface area contributed by atoms with E-state index in [1.165, 1.54) is 6.39 Å². The Morgan fingerprint density at radius 3 is 3.55 bits per heavy atom. The second kappa shape index (κ2) is 2.64. The molecule has 0 radical (unpaired) electrons. The maximum atomic E-state index is 8.83. The molecular formula is C7H10N2O2. The van der Waals surface area contributed by atoms with E-state index in [9.17, 15) is 0 Å². The Hall–Kier alpha value is -0.870. The standard InChI is InChI=1S/C7H10N2O2/c10-3-5-1-7-6(2-8-5)9-4-11-7/h4-5,8,10H,1-3H2. The smallest absolute Gasteiger partial charge is 0.181 e. The summed E-state index contributed by atoms with van der Waals surface area (Å²) in [4.78, 5) is 4.01. The van der Waals surface area contributed by atoms with Crippen molar-refractivity contribution < 1.29 is 9.52 Å². The minimum Gasteiger partial charge on any atom is -0.448 e. The molecule has 4 heteroatoms. The van der Waals surface area contributed by atoms with Crippen molar-refractivity contribution in [1.29, 1.82) is 0 Å². The van der Waals surface area contributed by atoms with Gasteiger partial charge in [-0.2, -0.15) is 0 Å². The Morgan fingerprint density at radius 1 is 1.82 bits per heavy atom. The summed E-state index contributed by atoms with van der Waals surface area (Å²) < 4.78 is 5.13. The van der Waals surface area contributed by atoms with Crippen molar-refractivity contribution >= 4 is 0 Å². The lowest BCUT2D eigenvalue weighted by Crippen LogP contribution is -2.37. The number of oxazole rings is 1. The number of hydrogen-bond acceptors (Lipinski definition) is 4. The summed E-state index contributed by atoms with van der Waals surface area (Å²) in [6, 6.07) is 0.135. The predicted octanol–water partition coefficient (Wildman–Crippen LogP) is -0.319. The summed E-state index contributed by atoms with van der Waals surface area (Å²) in [5, 5.41) is 12.0. The third kappa shape index (κ3) is 1.15. The summed E-state index contributed by atoms with van der Waals surface area (Å²) in [7, 11) is 0. The molecule has 2 heterocycles. The maximum absolute atomic E-state index is 8.83. The minimum atomic E-state index is 0.135. The second-order valence-electron chi connectivity index (χ2n) is 2.69. The van der Waals surface area contributed by atoms with Crippen molar-refractivity contribution in [3.05, 3.63) is 17.8 Å². The van der Waals surface area contributed by atoms with Crippen LogP contribution in [0.4, 0.5) is 0 Å². The lowest BCUT2D eigenvalue weighted by molar-refractivity contribution is 0.228. The Labute approximate surface area is 64.2 Å². The fourth-order valence-electron chi connectivity index (χ4n) is 1.27. The molecule has 0 amide bonds. The summed E-state index contributed by atoms with van der Waals surface area (Å²) in [6.45, 7) is 0.858. The maximum Gasteiger partial charge on any atom is 0.181 e. The highest BCUT2D eigenvalue weighted by Crippen LogP contribution is 2.13. The van der Waals surface area contributed by atoms with Crippen molar-refractivity contribution in [3.8, 4) is 0 Å². The normalized spacial score (nSPS) is 23.2. The average molecular weight is 154 g/mol. The molecule has 1 unspecified atom stereocenters. The molecule has 0 saturated carbocycles. The molecule has 1 aliphatic rings. The molecule has 0 saturated heterocycles. The van der Waals surface area contributed by atoms with Gasteiger partial charge < -0.3 is 14.8 Å². The summed E-state index contributed by atoms with van der Waals surface area (Å²) in [6.07, 6.45) is 2.19. The Balaban J connectivity index is 2.18. The number of nitrogens with one attached hydrogen (secondary N) is 1. The molecule has 60 valence electrons. The molecule has 0 spiro atoms. The molecule has 2 N–H and O–H groups in total. The zero-order valence-corrected chi connectivity index (χ0v) is 6.08. The van der Waals surface area contributed by atoms with Crippen LogP contribution in [0.3, 0.4) is 0 Å². The molecule has 0 aromatic carbocycles. The third-order valence-corrected chi connectivity index (χ3v) is 1.94. The topological polar surface area (TPSA) is 58.3 Å². The first-order valence-electron chi connectivity index (χ1n) is 3.65. The van der Waals surface area contributed by atoms with Crippen LogP contribution in [-0.2, 0) is 13.0 Å². The number of nitrogens with zero attached hydrogens (tertiary/aromatic N) is 1. The van der Waals surface area contributed by atoms with Gasteiger partial charge in [0.2, 0.25) is 0 Å². The van der Waals surface area contributed by atoms with Crippen molar-refractivity contribution in [1.82, 2.24) is 10.3 Å². The summed E-state index contributed by atoms with van der Waals surface area (Å²) in [5.41, 5.74) is 0.967. The van der Waals surface area contributed by atoms with Gasteiger partial charge in [-0.15, -0.1) is 0 Å². The molecule has 2 rings (SSSR count). The molecule has 0 aliphatic carbocycles. The zero-order valence-electron chi connectivity index (χ0n) is 6.08. The minimum absolute atomic E-state index is 0.135. The van der Waals surface area contributed by atoms with Gasteiger partial charge >= 0.3 is 0 Å². The Morgan fingerprint density at radius 2 is 2.73 bits per heavy atom. The van der Waals surface area contributed by atoms with E-state index >= 15 is 0 Å². The fourth-order valence-corrected chi connectivity index (χ4v) is 1.27. The molecule has 1 aliphatic heterocycles. The van der Waals surface area contributed by atoms with E-state index in [1.54, 1.807) is 0 Å². The first-order chi connectivity index (χ1) is 5.40.